The summed E-state index contributed by atoms with van der Waals surface area (Å²) < 4.78 is 34.2. The highest BCUT2D eigenvalue weighted by Crippen LogP contribution is 2.30. The number of aromatic nitrogens is 1. The van der Waals surface area contributed by atoms with Crippen LogP contribution in [0.25, 0.3) is 0 Å². The van der Waals surface area contributed by atoms with Gasteiger partial charge in [0.05, 0.1) is 11.4 Å². The molecule has 0 unspecified atom stereocenters. The highest BCUT2D eigenvalue weighted by Gasteiger charge is 2.30. The van der Waals surface area contributed by atoms with Gasteiger partial charge in [0.25, 0.3) is 10.0 Å². The van der Waals surface area contributed by atoms with Crippen molar-refractivity contribution in [1.82, 2.24) is 4.98 Å². The normalized spacial score (nSPS) is 11.5. The van der Waals surface area contributed by atoms with E-state index in [1.807, 2.05) is 37.3 Å². The summed E-state index contributed by atoms with van der Waals surface area (Å²) in [6.45, 7) is 5.97. The van der Waals surface area contributed by atoms with Crippen LogP contribution in [0.3, 0.4) is 0 Å². The Bertz CT molecular complexity index is 1010. The van der Waals surface area contributed by atoms with Crippen LogP contribution in [0.1, 0.15) is 42.5 Å². The first-order valence-electron chi connectivity index (χ1n) is 9.51. The molecule has 0 spiro atoms. The number of anilines is 1. The van der Waals surface area contributed by atoms with Crippen LogP contribution in [-0.4, -0.2) is 13.4 Å². The largest absolute Gasteiger partial charge is 0.444 e. The molecule has 0 bridgehead atoms. The van der Waals surface area contributed by atoms with Gasteiger partial charge in [0.2, 0.25) is 0 Å². The Morgan fingerprint density at radius 1 is 1.00 bits per heavy atom. The predicted octanol–water partition coefficient (Wildman–Crippen LogP) is 5.03. The van der Waals surface area contributed by atoms with Crippen molar-refractivity contribution in [2.45, 2.75) is 51.5 Å². The van der Waals surface area contributed by atoms with Gasteiger partial charge in [0.15, 0.2) is 11.7 Å². The number of rotatable bonds is 8. The number of aryl methyl sites for hydroxylation is 3. The van der Waals surface area contributed by atoms with Gasteiger partial charge in [-0.3, -0.25) is 0 Å². The molecule has 0 radical (unpaired) electrons. The summed E-state index contributed by atoms with van der Waals surface area (Å²) in [4.78, 5) is 4.70. The number of sulfonamides is 1. The Labute approximate surface area is 167 Å². The topological polar surface area (TPSA) is 63.4 Å². The number of unbranched alkanes of at least 4 members (excludes halogenated alkanes) is 1. The average Bonchev–Trinajstić information content (AvgIpc) is 3.05. The summed E-state index contributed by atoms with van der Waals surface area (Å²) in [5.74, 6) is 1.47. The van der Waals surface area contributed by atoms with Gasteiger partial charge < -0.3 is 4.42 Å². The van der Waals surface area contributed by atoms with Crippen LogP contribution in [0, 0.1) is 13.8 Å². The second kappa shape index (κ2) is 8.61. The van der Waals surface area contributed by atoms with Crippen molar-refractivity contribution in [1.29, 1.82) is 0 Å². The molecule has 0 atom stereocenters. The molecule has 0 aliphatic rings. The lowest BCUT2D eigenvalue weighted by atomic mass is 10.2. The number of hydrogen-bond donors (Lipinski definition) is 0. The summed E-state index contributed by atoms with van der Waals surface area (Å²) in [5.41, 5.74) is 1.90. The van der Waals surface area contributed by atoms with E-state index < -0.39 is 10.0 Å². The monoisotopic (exact) mass is 398 g/mol. The third kappa shape index (κ3) is 4.44. The van der Waals surface area contributed by atoms with Gasteiger partial charge in [0, 0.05) is 13.3 Å². The number of oxazole rings is 1. The Hall–Kier alpha value is -2.60. The Morgan fingerprint density at radius 2 is 1.68 bits per heavy atom. The van der Waals surface area contributed by atoms with Crippen molar-refractivity contribution in [2.24, 2.45) is 0 Å². The summed E-state index contributed by atoms with van der Waals surface area (Å²) in [6.07, 6.45) is 2.55. The van der Waals surface area contributed by atoms with Gasteiger partial charge >= 0.3 is 0 Å². The molecule has 6 heteroatoms. The maximum Gasteiger partial charge on any atom is 0.265 e. The molecule has 0 saturated heterocycles. The lowest BCUT2D eigenvalue weighted by Crippen LogP contribution is -2.31. The molecule has 2 aromatic carbocycles. The van der Waals surface area contributed by atoms with E-state index in [-0.39, 0.29) is 11.4 Å². The van der Waals surface area contributed by atoms with Gasteiger partial charge in [-0.05, 0) is 31.0 Å². The van der Waals surface area contributed by atoms with Crippen LogP contribution in [0.5, 0.6) is 0 Å². The molecule has 1 aromatic heterocycles. The minimum absolute atomic E-state index is 0.197. The number of benzene rings is 2. The lowest BCUT2D eigenvalue weighted by Gasteiger charge is -2.23. The molecule has 0 aliphatic carbocycles. The van der Waals surface area contributed by atoms with E-state index in [0.29, 0.717) is 23.9 Å². The highest BCUT2D eigenvalue weighted by atomic mass is 32.2. The summed E-state index contributed by atoms with van der Waals surface area (Å²) in [6, 6.07) is 16.4. The van der Waals surface area contributed by atoms with Crippen molar-refractivity contribution in [3.05, 3.63) is 77.4 Å². The smallest absolute Gasteiger partial charge is 0.265 e. The van der Waals surface area contributed by atoms with Crippen molar-refractivity contribution in [3.63, 3.8) is 0 Å². The molecule has 5 nitrogen and oxygen atoms in total. The Morgan fingerprint density at radius 3 is 2.32 bits per heavy atom. The van der Waals surface area contributed by atoms with Gasteiger partial charge in [-0.1, -0.05) is 61.4 Å². The molecule has 148 valence electrons. The predicted molar refractivity (Wildman–Crippen MR) is 111 cm³/mol. The van der Waals surface area contributed by atoms with E-state index in [9.17, 15) is 8.42 Å². The first-order chi connectivity index (χ1) is 13.4. The van der Waals surface area contributed by atoms with Gasteiger partial charge in [0.1, 0.15) is 5.76 Å². The Balaban J connectivity index is 2.09. The van der Waals surface area contributed by atoms with Crippen molar-refractivity contribution in [3.8, 4) is 0 Å². The second-order valence-electron chi connectivity index (χ2n) is 6.89. The van der Waals surface area contributed by atoms with Crippen LogP contribution in [0.4, 0.5) is 5.82 Å². The molecule has 3 aromatic rings. The Kier molecular flexibility index (Phi) is 6.19. The van der Waals surface area contributed by atoms with Crippen LogP contribution >= 0.6 is 0 Å². The minimum Gasteiger partial charge on any atom is -0.444 e. The molecule has 0 aliphatic heterocycles. The molecular weight excluding hydrogens is 372 g/mol. The fourth-order valence-corrected chi connectivity index (χ4v) is 4.44. The zero-order chi connectivity index (χ0) is 20.1. The van der Waals surface area contributed by atoms with Crippen LogP contribution < -0.4 is 4.31 Å². The van der Waals surface area contributed by atoms with E-state index in [1.165, 1.54) is 4.31 Å². The fraction of sp³-hybridized carbons (Fsp3) is 0.318. The van der Waals surface area contributed by atoms with Crippen molar-refractivity contribution in [2.75, 3.05) is 4.31 Å². The molecule has 0 N–H and O–H groups in total. The molecule has 28 heavy (non-hydrogen) atoms. The van der Waals surface area contributed by atoms with Gasteiger partial charge in [-0.2, -0.15) is 4.98 Å². The molecular formula is C22H26N2O3S. The standard InChI is InChI=1S/C22H26N2O3S/c1-4-5-11-21-22(23-18(3)27-21)24(16-19-9-7-6-8-10-19)28(25,26)20-14-12-17(2)13-15-20/h6-10,12-15H,4-5,11,16H2,1-3H3. The van der Waals surface area contributed by atoms with Crippen LogP contribution in [0.2, 0.25) is 0 Å². The fourth-order valence-electron chi connectivity index (χ4n) is 3.01. The molecule has 1 heterocycles. The van der Waals surface area contributed by atoms with E-state index in [2.05, 4.69) is 11.9 Å². The summed E-state index contributed by atoms with van der Waals surface area (Å²) >= 11 is 0. The van der Waals surface area contributed by atoms with Gasteiger partial charge in [-0.15, -0.1) is 0 Å². The van der Waals surface area contributed by atoms with E-state index >= 15 is 0 Å². The molecule has 3 rings (SSSR count). The van der Waals surface area contributed by atoms with E-state index in [4.69, 9.17) is 4.42 Å². The van der Waals surface area contributed by atoms with E-state index in [0.717, 1.165) is 24.0 Å². The van der Waals surface area contributed by atoms with E-state index in [1.54, 1.807) is 31.2 Å². The lowest BCUT2D eigenvalue weighted by molar-refractivity contribution is 0.468. The SMILES string of the molecule is CCCCc1oc(C)nc1N(Cc1ccccc1)S(=O)(=O)c1ccc(C)cc1. The zero-order valence-corrected chi connectivity index (χ0v) is 17.4. The highest BCUT2D eigenvalue weighted by molar-refractivity contribution is 7.92. The van der Waals surface area contributed by atoms with Crippen LogP contribution in [0.15, 0.2) is 63.9 Å². The maximum absolute atomic E-state index is 13.5. The van der Waals surface area contributed by atoms with Crippen molar-refractivity contribution < 1.29 is 12.8 Å². The maximum atomic E-state index is 13.5. The van der Waals surface area contributed by atoms with Gasteiger partial charge in [-0.25, -0.2) is 12.7 Å². The molecule has 0 fully saturated rings. The third-order valence-electron chi connectivity index (χ3n) is 4.56. The zero-order valence-electron chi connectivity index (χ0n) is 16.6. The summed E-state index contributed by atoms with van der Waals surface area (Å²) in [7, 11) is -3.79. The average molecular weight is 399 g/mol. The number of hydrogen-bond acceptors (Lipinski definition) is 4. The molecule has 0 amide bonds. The first kappa shape index (κ1) is 20.1. The first-order valence-corrected chi connectivity index (χ1v) is 11.0. The quantitative estimate of drug-likeness (QED) is 0.534. The third-order valence-corrected chi connectivity index (χ3v) is 6.31. The number of nitrogens with zero attached hydrogens (tertiary/aromatic N) is 2. The van der Waals surface area contributed by atoms with Crippen LogP contribution in [-0.2, 0) is 23.0 Å². The summed E-state index contributed by atoms with van der Waals surface area (Å²) in [5, 5.41) is 0. The second-order valence-corrected chi connectivity index (χ2v) is 8.76. The van der Waals surface area contributed by atoms with Crippen molar-refractivity contribution >= 4 is 15.8 Å². The molecule has 0 saturated carbocycles. The minimum atomic E-state index is -3.79.